The molecule has 0 aliphatic carbocycles. The van der Waals surface area contributed by atoms with Gasteiger partial charge in [-0.2, -0.15) is 0 Å². The van der Waals surface area contributed by atoms with Crippen molar-refractivity contribution < 1.29 is 34.1 Å². The van der Waals surface area contributed by atoms with Crippen LogP contribution in [-0.2, 0) is 33.8 Å². The number of nitrogens with one attached hydrogen (secondary N) is 3. The van der Waals surface area contributed by atoms with Crippen LogP contribution in [0.2, 0.25) is 0 Å². The number of amides is 4. The van der Waals surface area contributed by atoms with Gasteiger partial charge in [0.2, 0.25) is 11.8 Å². The van der Waals surface area contributed by atoms with E-state index in [0.717, 1.165) is 32.2 Å². The predicted octanol–water partition coefficient (Wildman–Crippen LogP) is 6.08. The lowest BCUT2D eigenvalue weighted by molar-refractivity contribution is -0.130. The zero-order valence-electron chi connectivity index (χ0n) is 33.1. The van der Waals surface area contributed by atoms with Gasteiger partial charge < -0.3 is 30.9 Å². The molecule has 0 fully saturated rings. The molecule has 0 saturated carbocycles. The fourth-order valence-corrected chi connectivity index (χ4v) is 7.03. The van der Waals surface area contributed by atoms with E-state index in [1.54, 1.807) is 38.7 Å². The summed E-state index contributed by atoms with van der Waals surface area (Å²) in [5.41, 5.74) is 3.55. The summed E-state index contributed by atoms with van der Waals surface area (Å²) in [6.45, 7) is 10.8. The standard InChI is InChI=1S/C42H54N6O7S/c1-41(2,3)35(47-39(52)55-25-31-24-43-26-56-31)37(50)46-33(22-27-13-9-8-10-14-27)34(49)23-30(45-38(51)36(42(4,5)6)48(7)40(53)54)21-28-16-18-29(19-17-28)32-15-11-12-20-44-32/h8-20,24,26,30,33-36,49H,21-23,25H2,1-7H3,(H,45,51)(H,46,50)(H,47,52)(H,53,54)/t30-,33+,34+,35-,36-/m1/s1. The zero-order chi connectivity index (χ0) is 41.0. The molecule has 2 aromatic carbocycles. The average molecular weight is 787 g/mol. The highest BCUT2D eigenvalue weighted by Crippen LogP contribution is 2.26. The van der Waals surface area contributed by atoms with E-state index in [4.69, 9.17) is 4.74 Å². The number of alkyl carbamates (subject to hydrolysis) is 1. The lowest BCUT2D eigenvalue weighted by Crippen LogP contribution is -2.59. The topological polar surface area (TPSA) is 183 Å². The van der Waals surface area contributed by atoms with Crippen molar-refractivity contribution in [3.8, 4) is 11.3 Å². The summed E-state index contributed by atoms with van der Waals surface area (Å²) >= 11 is 1.34. The van der Waals surface area contributed by atoms with Crippen LogP contribution in [0.5, 0.6) is 0 Å². The Balaban J connectivity index is 1.61. The molecule has 300 valence electrons. The number of aliphatic hydroxyl groups is 1. The fourth-order valence-electron chi connectivity index (χ4n) is 6.52. The highest BCUT2D eigenvalue weighted by molar-refractivity contribution is 7.09. The molecule has 0 spiro atoms. The van der Waals surface area contributed by atoms with Crippen LogP contribution in [0.25, 0.3) is 11.3 Å². The lowest BCUT2D eigenvalue weighted by Gasteiger charge is -2.37. The Kier molecular flexibility index (Phi) is 15.1. The number of benzene rings is 2. The third-order valence-electron chi connectivity index (χ3n) is 9.34. The second-order valence-electron chi connectivity index (χ2n) is 16.1. The average Bonchev–Trinajstić information content (AvgIpc) is 3.66. The summed E-state index contributed by atoms with van der Waals surface area (Å²) in [6.07, 6.45) is 0.644. The molecule has 13 nitrogen and oxygen atoms in total. The van der Waals surface area contributed by atoms with Crippen LogP contribution in [0.3, 0.4) is 0 Å². The first-order chi connectivity index (χ1) is 26.4. The minimum atomic E-state index is -1.25. The molecule has 56 heavy (non-hydrogen) atoms. The van der Waals surface area contributed by atoms with E-state index in [1.165, 1.54) is 18.4 Å². The lowest BCUT2D eigenvalue weighted by atomic mass is 9.84. The molecule has 4 aromatic rings. The molecule has 0 unspecified atom stereocenters. The molecule has 4 rings (SSSR count). The number of thiazole rings is 1. The van der Waals surface area contributed by atoms with Crippen LogP contribution >= 0.6 is 11.3 Å². The number of hydrogen-bond acceptors (Lipinski definition) is 9. The van der Waals surface area contributed by atoms with Gasteiger partial charge in [0.05, 0.1) is 28.2 Å². The molecule has 5 N–H and O–H groups in total. The van der Waals surface area contributed by atoms with Gasteiger partial charge in [-0.3, -0.25) is 24.5 Å². The van der Waals surface area contributed by atoms with Crippen LogP contribution in [0, 0.1) is 10.8 Å². The number of ether oxygens (including phenoxy) is 1. The highest BCUT2D eigenvalue weighted by Gasteiger charge is 2.39. The fraction of sp³-hybridized carbons (Fsp3) is 0.429. The Morgan fingerprint density at radius 1 is 0.821 bits per heavy atom. The maximum absolute atomic E-state index is 14.1. The molecule has 2 aromatic heterocycles. The summed E-state index contributed by atoms with van der Waals surface area (Å²) in [7, 11) is 1.36. The number of likely N-dealkylation sites (N-methyl/N-ethyl adjacent to an activating group) is 1. The summed E-state index contributed by atoms with van der Waals surface area (Å²) in [4.78, 5) is 63.2. The third-order valence-corrected chi connectivity index (χ3v) is 10.1. The molecule has 14 heteroatoms. The minimum Gasteiger partial charge on any atom is -0.465 e. The maximum atomic E-state index is 14.1. The minimum absolute atomic E-state index is 0.00162. The van der Waals surface area contributed by atoms with E-state index < -0.39 is 65.1 Å². The van der Waals surface area contributed by atoms with Crippen molar-refractivity contribution in [2.75, 3.05) is 7.05 Å². The molecule has 0 aliphatic rings. The first-order valence-corrected chi connectivity index (χ1v) is 19.4. The van der Waals surface area contributed by atoms with Crippen LogP contribution in [-0.4, -0.2) is 86.4 Å². The molecule has 2 heterocycles. The van der Waals surface area contributed by atoms with Gasteiger partial charge >= 0.3 is 12.2 Å². The molecule has 0 saturated heterocycles. The number of carbonyl (C=O) groups is 4. The van der Waals surface area contributed by atoms with Crippen molar-refractivity contribution in [3.63, 3.8) is 0 Å². The maximum Gasteiger partial charge on any atom is 0.408 e. The van der Waals surface area contributed by atoms with E-state index in [-0.39, 0.29) is 19.4 Å². The molecule has 0 aliphatic heterocycles. The summed E-state index contributed by atoms with van der Waals surface area (Å²) in [5, 5.41) is 30.6. The number of aromatic nitrogens is 2. The summed E-state index contributed by atoms with van der Waals surface area (Å²) in [5.74, 6) is -1.03. The molecular formula is C42H54N6O7S. The number of nitrogens with zero attached hydrogens (tertiary/aromatic N) is 3. The monoisotopic (exact) mass is 786 g/mol. The Hall–Kier alpha value is -5.34. The van der Waals surface area contributed by atoms with Crippen LogP contribution < -0.4 is 16.0 Å². The Morgan fingerprint density at radius 2 is 1.48 bits per heavy atom. The van der Waals surface area contributed by atoms with Gasteiger partial charge in [-0.1, -0.05) is 102 Å². The number of aliphatic hydroxyl groups excluding tert-OH is 1. The second kappa shape index (κ2) is 19.5. The second-order valence-corrected chi connectivity index (χ2v) is 17.0. The normalized spacial score (nSPS) is 14.4. The quantitative estimate of drug-likeness (QED) is 0.0900. The smallest absolute Gasteiger partial charge is 0.408 e. The number of carbonyl (C=O) groups excluding carboxylic acids is 3. The first-order valence-electron chi connectivity index (χ1n) is 18.5. The summed E-state index contributed by atoms with van der Waals surface area (Å²) in [6, 6.07) is 19.2. The van der Waals surface area contributed by atoms with Crippen molar-refractivity contribution in [3.05, 3.63) is 107 Å². The highest BCUT2D eigenvalue weighted by atomic mass is 32.1. The van der Waals surface area contributed by atoms with Gasteiger partial charge in [-0.15, -0.1) is 11.3 Å². The summed E-state index contributed by atoms with van der Waals surface area (Å²) < 4.78 is 5.37. The molecule has 5 atom stereocenters. The Morgan fingerprint density at radius 3 is 2.05 bits per heavy atom. The van der Waals surface area contributed by atoms with Gasteiger partial charge in [-0.25, -0.2) is 9.59 Å². The van der Waals surface area contributed by atoms with Gasteiger partial charge in [-0.05, 0) is 53.4 Å². The van der Waals surface area contributed by atoms with Crippen LogP contribution in [0.4, 0.5) is 9.59 Å². The number of carboxylic acid groups (broad SMARTS) is 1. The van der Waals surface area contributed by atoms with Crippen molar-refractivity contribution in [2.24, 2.45) is 10.8 Å². The van der Waals surface area contributed by atoms with Gasteiger partial charge in [0.25, 0.3) is 0 Å². The van der Waals surface area contributed by atoms with Crippen LogP contribution in [0.1, 0.15) is 64.0 Å². The van der Waals surface area contributed by atoms with Gasteiger partial charge in [0.15, 0.2) is 0 Å². The molecular weight excluding hydrogens is 733 g/mol. The molecule has 0 radical (unpaired) electrons. The SMILES string of the molecule is CN(C(=O)O)[C@H](C(=O)N[C@H](Cc1ccc(-c2ccccn2)cc1)C[C@H](O)[C@H](Cc1ccccc1)NC(=O)[C@@H](NC(=O)OCc1cncs1)C(C)(C)C)C(C)(C)C. The molecule has 0 bridgehead atoms. The number of pyridine rings is 1. The van der Waals surface area contributed by atoms with E-state index in [9.17, 15) is 29.4 Å². The van der Waals surface area contributed by atoms with Gasteiger partial charge in [0, 0.05) is 31.0 Å². The zero-order valence-corrected chi connectivity index (χ0v) is 33.9. The van der Waals surface area contributed by atoms with Crippen molar-refractivity contribution in [2.45, 2.75) is 97.7 Å². The van der Waals surface area contributed by atoms with Gasteiger partial charge in [0.1, 0.15) is 18.7 Å². The third kappa shape index (κ3) is 12.9. The van der Waals surface area contributed by atoms with Crippen molar-refractivity contribution >= 4 is 35.3 Å². The van der Waals surface area contributed by atoms with E-state index in [0.29, 0.717) is 6.42 Å². The first kappa shape index (κ1) is 43.4. The molecule has 4 amide bonds. The van der Waals surface area contributed by atoms with E-state index in [1.807, 2.05) is 93.6 Å². The number of hydrogen-bond donors (Lipinski definition) is 5. The van der Waals surface area contributed by atoms with Crippen molar-refractivity contribution in [1.82, 2.24) is 30.8 Å². The van der Waals surface area contributed by atoms with Crippen LogP contribution in [0.15, 0.2) is 90.7 Å². The number of rotatable bonds is 16. The van der Waals surface area contributed by atoms with E-state index in [2.05, 4.69) is 25.9 Å². The predicted molar refractivity (Wildman–Crippen MR) is 216 cm³/mol. The van der Waals surface area contributed by atoms with E-state index >= 15 is 0 Å². The van der Waals surface area contributed by atoms with Crippen molar-refractivity contribution in [1.29, 1.82) is 0 Å². The Labute approximate surface area is 332 Å². The largest absolute Gasteiger partial charge is 0.465 e. The Bertz CT molecular complexity index is 1860.